The first kappa shape index (κ1) is 17.9. The van der Waals surface area contributed by atoms with Gasteiger partial charge in [-0.2, -0.15) is 9.15 Å². The monoisotopic (exact) mass is 326 g/mol. The predicted octanol–water partition coefficient (Wildman–Crippen LogP) is 1.97. The molecule has 6 nitrogen and oxygen atoms in total. The first-order valence-corrected chi connectivity index (χ1v) is 7.13. The van der Waals surface area contributed by atoms with Crippen LogP contribution in [0.5, 0.6) is 0 Å². The molecule has 2 unspecified atom stereocenters. The average Bonchev–Trinajstić information content (AvgIpc) is 2.50. The van der Waals surface area contributed by atoms with E-state index in [4.69, 9.17) is 16.1 Å². The maximum absolute atomic E-state index is 12.8. The van der Waals surface area contributed by atoms with Gasteiger partial charge in [0.25, 0.3) is 0 Å². The summed E-state index contributed by atoms with van der Waals surface area (Å²) in [5.74, 6) is -3.08. The van der Waals surface area contributed by atoms with E-state index in [0.717, 1.165) is 0 Å². The van der Waals surface area contributed by atoms with Gasteiger partial charge in [-0.05, 0) is 37.0 Å². The topological polar surface area (TPSA) is 124 Å². The van der Waals surface area contributed by atoms with Crippen LogP contribution in [0, 0.1) is 17.2 Å². The zero-order chi connectivity index (χ0) is 16.7. The molecular weight excluding hydrogens is 311 g/mol. The van der Waals surface area contributed by atoms with E-state index in [1.165, 1.54) is 12.1 Å². The van der Waals surface area contributed by atoms with Gasteiger partial charge in [0, 0.05) is 0 Å². The molecule has 8 heteroatoms. The molecule has 0 aromatic heterocycles. The van der Waals surface area contributed by atoms with Crippen LogP contribution in [0.2, 0.25) is 0 Å². The third kappa shape index (κ3) is 5.02. The van der Waals surface area contributed by atoms with Gasteiger partial charge in [-0.3, -0.25) is 9.59 Å². The molecular formula is C14H15FN2O4S. The largest absolute Gasteiger partial charge is 0.481 e. The van der Waals surface area contributed by atoms with Gasteiger partial charge in [-0.15, -0.1) is 0 Å². The summed E-state index contributed by atoms with van der Waals surface area (Å²) < 4.78 is 12.8. The van der Waals surface area contributed by atoms with E-state index in [-0.39, 0.29) is 41.9 Å². The van der Waals surface area contributed by atoms with Crippen LogP contribution in [0.25, 0.3) is 0 Å². The number of nitrogens with zero attached hydrogens (tertiary/aromatic N) is 1. The maximum atomic E-state index is 12.8. The molecule has 0 bridgehead atoms. The van der Waals surface area contributed by atoms with Crippen molar-refractivity contribution in [2.24, 2.45) is 11.7 Å². The van der Waals surface area contributed by atoms with Crippen LogP contribution in [0.1, 0.15) is 24.0 Å². The number of nitriles is 1. The molecule has 2 atom stereocenters. The molecule has 0 fully saturated rings. The number of carboxylic acids is 2. The molecule has 0 saturated heterocycles. The molecule has 0 spiro atoms. The van der Waals surface area contributed by atoms with E-state index in [9.17, 15) is 18.6 Å². The second-order valence-corrected chi connectivity index (χ2v) is 5.37. The Morgan fingerprint density at radius 2 is 2.00 bits per heavy atom. The summed E-state index contributed by atoms with van der Waals surface area (Å²) in [4.78, 5) is 22.0. The van der Waals surface area contributed by atoms with E-state index in [1.807, 2.05) is 6.07 Å². The van der Waals surface area contributed by atoms with E-state index >= 15 is 0 Å². The summed E-state index contributed by atoms with van der Waals surface area (Å²) >= 11 is -0.0758. The Hall–Kier alpha value is -2.11. The Bertz CT molecular complexity index is 603. The molecule has 0 heterocycles. The normalized spacial score (nSPS) is 13.1. The summed E-state index contributed by atoms with van der Waals surface area (Å²) in [5, 5.41) is 26.7. The minimum atomic E-state index is -1.18. The lowest BCUT2D eigenvalue weighted by Crippen LogP contribution is -2.31. The van der Waals surface area contributed by atoms with Gasteiger partial charge in [0.15, 0.2) is 0 Å². The Kier molecular flexibility index (Phi) is 6.82. The number of benzene rings is 1. The molecule has 0 aliphatic heterocycles. The lowest BCUT2D eigenvalue weighted by Gasteiger charge is -2.14. The Balaban J connectivity index is 2.81. The number of rotatable bonds is 8. The van der Waals surface area contributed by atoms with Gasteiger partial charge >= 0.3 is 11.9 Å². The third-order valence-electron chi connectivity index (χ3n) is 3.22. The predicted molar refractivity (Wildman–Crippen MR) is 77.8 cm³/mol. The molecule has 0 aliphatic rings. The van der Waals surface area contributed by atoms with Crippen LogP contribution < -0.4 is 5.73 Å². The minimum Gasteiger partial charge on any atom is -0.481 e. The smallest absolute Gasteiger partial charge is 0.320 e. The van der Waals surface area contributed by atoms with Crippen molar-refractivity contribution in [3.05, 3.63) is 29.3 Å². The van der Waals surface area contributed by atoms with Gasteiger partial charge in [-0.25, -0.2) is 0 Å². The number of carbonyl (C=O) groups is 2. The molecule has 0 radical (unpaired) electrons. The Labute approximate surface area is 131 Å². The lowest BCUT2D eigenvalue weighted by molar-refractivity contribution is -0.143. The molecule has 1 aromatic carbocycles. The maximum Gasteiger partial charge on any atom is 0.320 e. The van der Waals surface area contributed by atoms with Crippen molar-refractivity contribution >= 4 is 24.1 Å². The zero-order valence-electron chi connectivity index (χ0n) is 11.5. The van der Waals surface area contributed by atoms with E-state index in [0.29, 0.717) is 5.56 Å². The number of halogens is 1. The molecule has 4 N–H and O–H groups in total. The second kappa shape index (κ2) is 8.36. The van der Waals surface area contributed by atoms with Crippen LogP contribution in [0.15, 0.2) is 23.1 Å². The number of hydrogen-bond donors (Lipinski definition) is 3. The lowest BCUT2D eigenvalue weighted by atomic mass is 9.93. The van der Waals surface area contributed by atoms with Crippen molar-refractivity contribution < 1.29 is 23.7 Å². The van der Waals surface area contributed by atoms with E-state index < -0.39 is 23.9 Å². The Morgan fingerprint density at radius 1 is 1.32 bits per heavy atom. The third-order valence-corrected chi connectivity index (χ3v) is 3.73. The van der Waals surface area contributed by atoms with E-state index in [1.54, 1.807) is 6.07 Å². The fraction of sp³-hybridized carbons (Fsp3) is 0.357. The summed E-state index contributed by atoms with van der Waals surface area (Å²) in [7, 11) is 0. The van der Waals surface area contributed by atoms with Crippen molar-refractivity contribution in [1.82, 2.24) is 0 Å². The minimum absolute atomic E-state index is 0.0350. The van der Waals surface area contributed by atoms with Crippen LogP contribution in [0.4, 0.5) is 3.89 Å². The van der Waals surface area contributed by atoms with Crippen molar-refractivity contribution in [1.29, 1.82) is 5.26 Å². The quantitative estimate of drug-likeness (QED) is 0.667. The molecule has 118 valence electrons. The van der Waals surface area contributed by atoms with Crippen LogP contribution in [-0.2, 0) is 16.0 Å². The van der Waals surface area contributed by atoms with Gasteiger partial charge in [-0.1, -0.05) is 6.07 Å². The van der Waals surface area contributed by atoms with Gasteiger partial charge in [0.1, 0.15) is 12.1 Å². The summed E-state index contributed by atoms with van der Waals surface area (Å²) in [5.41, 5.74) is 6.10. The molecule has 0 amide bonds. The summed E-state index contributed by atoms with van der Waals surface area (Å²) in [6.07, 6.45) is 0.245. The summed E-state index contributed by atoms with van der Waals surface area (Å²) in [6.45, 7) is 0. The highest BCUT2D eigenvalue weighted by Crippen LogP contribution is 2.26. The fourth-order valence-electron chi connectivity index (χ4n) is 1.95. The van der Waals surface area contributed by atoms with Crippen LogP contribution in [0.3, 0.4) is 0 Å². The summed E-state index contributed by atoms with van der Waals surface area (Å²) in [6, 6.07) is 5.15. The first-order valence-electron chi connectivity index (χ1n) is 6.41. The highest BCUT2D eigenvalue weighted by Gasteiger charge is 2.21. The number of aliphatic carboxylic acids is 2. The molecule has 22 heavy (non-hydrogen) atoms. The number of nitrogens with two attached hydrogens (primary N) is 1. The molecule has 1 rings (SSSR count). The van der Waals surface area contributed by atoms with Gasteiger partial charge in [0.05, 0.1) is 28.5 Å². The SMILES string of the molecule is N#Cc1ccc(CC(CCC(N)C(=O)O)C(=O)O)cc1SF. The van der Waals surface area contributed by atoms with Crippen LogP contribution in [-0.4, -0.2) is 28.2 Å². The number of hydrogen-bond acceptors (Lipinski definition) is 5. The van der Waals surface area contributed by atoms with E-state index in [2.05, 4.69) is 0 Å². The van der Waals surface area contributed by atoms with Crippen molar-refractivity contribution in [3.8, 4) is 6.07 Å². The standard InChI is InChI=1S/C14H15FN2O4S/c15-22-12-6-8(1-2-10(12)7-16)5-9(13(18)19)3-4-11(17)14(20)21/h1-2,6,9,11H,3-5,17H2,(H,18,19)(H,20,21). The highest BCUT2D eigenvalue weighted by atomic mass is 32.2. The van der Waals surface area contributed by atoms with Crippen LogP contribution >= 0.6 is 12.1 Å². The highest BCUT2D eigenvalue weighted by molar-refractivity contribution is 7.94. The van der Waals surface area contributed by atoms with Crippen molar-refractivity contribution in [3.63, 3.8) is 0 Å². The number of carboxylic acid groups (broad SMARTS) is 2. The molecule has 1 aromatic rings. The molecule has 0 saturated carbocycles. The Morgan fingerprint density at radius 3 is 2.50 bits per heavy atom. The van der Waals surface area contributed by atoms with Crippen molar-refractivity contribution in [2.45, 2.75) is 30.2 Å². The average molecular weight is 326 g/mol. The zero-order valence-corrected chi connectivity index (χ0v) is 12.3. The first-order chi connectivity index (χ1) is 10.4. The van der Waals surface area contributed by atoms with Gasteiger partial charge in [0.2, 0.25) is 0 Å². The molecule has 0 aliphatic carbocycles. The second-order valence-electron chi connectivity index (χ2n) is 4.78. The van der Waals surface area contributed by atoms with Gasteiger partial charge < -0.3 is 15.9 Å². The fourth-order valence-corrected chi connectivity index (χ4v) is 2.34. The van der Waals surface area contributed by atoms with Crippen molar-refractivity contribution in [2.75, 3.05) is 0 Å².